The molecule has 0 atom stereocenters. The van der Waals surface area contributed by atoms with Crippen LogP contribution in [0.15, 0.2) is 36.5 Å². The van der Waals surface area contributed by atoms with E-state index in [4.69, 9.17) is 9.47 Å². The lowest BCUT2D eigenvalue weighted by Gasteiger charge is -2.06. The van der Waals surface area contributed by atoms with E-state index in [2.05, 4.69) is 20.6 Å². The van der Waals surface area contributed by atoms with Gasteiger partial charge < -0.3 is 20.1 Å². The maximum absolute atomic E-state index is 11.7. The molecule has 0 aliphatic rings. The number of methoxy groups -OCH3 is 1. The zero-order valence-electron chi connectivity index (χ0n) is 13.9. The second-order valence-electron chi connectivity index (χ2n) is 5.13. The van der Waals surface area contributed by atoms with Gasteiger partial charge in [0.25, 0.3) is 5.91 Å². The molecule has 2 heterocycles. The maximum atomic E-state index is 11.7. The summed E-state index contributed by atoms with van der Waals surface area (Å²) < 4.78 is 11.9. The fourth-order valence-corrected chi connectivity index (χ4v) is 3.09. The zero-order valence-corrected chi connectivity index (χ0v) is 14.7. The lowest BCUT2D eigenvalue weighted by atomic mass is 10.3. The molecule has 7 nitrogen and oxygen atoms in total. The van der Waals surface area contributed by atoms with Gasteiger partial charge in [0.15, 0.2) is 5.13 Å². The minimum Gasteiger partial charge on any atom is -0.457 e. The molecule has 130 valence electrons. The topological polar surface area (TPSA) is 85.4 Å². The Labute approximate surface area is 149 Å². The number of nitrogens with one attached hydrogen (secondary N) is 2. The predicted octanol–water partition coefficient (Wildman–Crippen LogP) is 2.90. The maximum Gasteiger partial charge on any atom is 0.269 e. The SMILES string of the molecule is CNC(=O)c1cc(Oc2ccc3nc(NCCOC)sc3c2)ccn1. The number of hydrogen-bond acceptors (Lipinski definition) is 7. The van der Waals surface area contributed by atoms with Crippen LogP contribution in [0.1, 0.15) is 10.5 Å². The minimum absolute atomic E-state index is 0.255. The van der Waals surface area contributed by atoms with E-state index in [0.29, 0.717) is 30.3 Å². The summed E-state index contributed by atoms with van der Waals surface area (Å²) in [6.07, 6.45) is 1.54. The molecule has 0 aliphatic heterocycles. The number of hydrogen-bond donors (Lipinski definition) is 2. The van der Waals surface area contributed by atoms with E-state index in [0.717, 1.165) is 15.3 Å². The first-order valence-corrected chi connectivity index (χ1v) is 8.50. The van der Waals surface area contributed by atoms with Gasteiger partial charge in [0.2, 0.25) is 0 Å². The first kappa shape index (κ1) is 17.1. The molecule has 1 amide bonds. The Hall–Kier alpha value is -2.71. The standard InChI is InChI=1S/C17H18N4O3S/c1-18-16(22)14-9-12(5-6-19-14)24-11-3-4-13-15(10-11)25-17(21-13)20-7-8-23-2/h3-6,9-10H,7-8H2,1-2H3,(H,18,22)(H,20,21). The first-order valence-electron chi connectivity index (χ1n) is 7.69. The number of anilines is 1. The summed E-state index contributed by atoms with van der Waals surface area (Å²) >= 11 is 1.55. The van der Waals surface area contributed by atoms with Crippen molar-refractivity contribution in [3.8, 4) is 11.5 Å². The van der Waals surface area contributed by atoms with Crippen molar-refractivity contribution < 1.29 is 14.3 Å². The molecule has 0 fully saturated rings. The minimum atomic E-state index is -0.255. The fraction of sp³-hybridized carbons (Fsp3) is 0.235. The number of amides is 1. The third kappa shape index (κ3) is 4.23. The van der Waals surface area contributed by atoms with Crippen LogP contribution >= 0.6 is 11.3 Å². The summed E-state index contributed by atoms with van der Waals surface area (Å²) in [4.78, 5) is 20.2. The van der Waals surface area contributed by atoms with E-state index in [-0.39, 0.29) is 5.91 Å². The van der Waals surface area contributed by atoms with E-state index in [9.17, 15) is 4.79 Å². The van der Waals surface area contributed by atoms with Gasteiger partial charge in [-0.05, 0) is 18.2 Å². The number of ether oxygens (including phenoxy) is 2. The van der Waals surface area contributed by atoms with Gasteiger partial charge in [-0.15, -0.1) is 0 Å². The summed E-state index contributed by atoms with van der Waals surface area (Å²) in [6.45, 7) is 1.33. The highest BCUT2D eigenvalue weighted by atomic mass is 32.1. The van der Waals surface area contributed by atoms with Crippen LogP contribution in [-0.2, 0) is 4.74 Å². The zero-order chi connectivity index (χ0) is 17.6. The summed E-state index contributed by atoms with van der Waals surface area (Å²) in [7, 11) is 3.23. The van der Waals surface area contributed by atoms with E-state index in [1.165, 1.54) is 0 Å². The lowest BCUT2D eigenvalue weighted by molar-refractivity contribution is 0.0958. The van der Waals surface area contributed by atoms with Gasteiger partial charge >= 0.3 is 0 Å². The van der Waals surface area contributed by atoms with Crippen molar-refractivity contribution in [3.63, 3.8) is 0 Å². The molecule has 25 heavy (non-hydrogen) atoms. The molecule has 3 rings (SSSR count). The molecule has 0 unspecified atom stereocenters. The van der Waals surface area contributed by atoms with Gasteiger partial charge in [-0.3, -0.25) is 9.78 Å². The molecule has 3 aromatic rings. The molecule has 0 bridgehead atoms. The molecule has 8 heteroatoms. The van der Waals surface area contributed by atoms with Crippen molar-refractivity contribution in [1.29, 1.82) is 0 Å². The first-order chi connectivity index (χ1) is 12.2. The molecule has 0 aliphatic carbocycles. The quantitative estimate of drug-likeness (QED) is 0.632. The number of pyridine rings is 1. The van der Waals surface area contributed by atoms with Crippen LogP contribution in [0.5, 0.6) is 11.5 Å². The second kappa shape index (κ2) is 7.91. The number of benzene rings is 1. The van der Waals surface area contributed by atoms with E-state index >= 15 is 0 Å². The van der Waals surface area contributed by atoms with Gasteiger partial charge in [0.1, 0.15) is 17.2 Å². The molecule has 2 aromatic heterocycles. The van der Waals surface area contributed by atoms with E-state index in [1.54, 1.807) is 43.8 Å². The van der Waals surface area contributed by atoms with Gasteiger partial charge in [0.05, 0.1) is 16.8 Å². The highest BCUT2D eigenvalue weighted by Crippen LogP contribution is 2.31. The van der Waals surface area contributed by atoms with Crippen LogP contribution in [0.2, 0.25) is 0 Å². The van der Waals surface area contributed by atoms with Gasteiger partial charge in [-0.1, -0.05) is 11.3 Å². The Morgan fingerprint density at radius 3 is 2.88 bits per heavy atom. The number of aromatic nitrogens is 2. The summed E-state index contributed by atoms with van der Waals surface area (Å²) in [5.41, 5.74) is 1.21. The number of rotatable bonds is 7. The Bertz CT molecular complexity index is 881. The Balaban J connectivity index is 1.76. The number of thiazole rings is 1. The lowest BCUT2D eigenvalue weighted by Crippen LogP contribution is -2.18. The highest BCUT2D eigenvalue weighted by molar-refractivity contribution is 7.22. The number of nitrogens with zero attached hydrogens (tertiary/aromatic N) is 2. The highest BCUT2D eigenvalue weighted by Gasteiger charge is 2.08. The van der Waals surface area contributed by atoms with Crippen molar-refractivity contribution in [3.05, 3.63) is 42.2 Å². The molecular formula is C17H18N4O3S. The summed E-state index contributed by atoms with van der Waals surface area (Å²) in [5.74, 6) is 0.972. The smallest absolute Gasteiger partial charge is 0.269 e. The van der Waals surface area contributed by atoms with Crippen LogP contribution in [-0.4, -0.2) is 43.2 Å². The van der Waals surface area contributed by atoms with E-state index in [1.807, 2.05) is 18.2 Å². The van der Waals surface area contributed by atoms with Gasteiger partial charge in [-0.25, -0.2) is 4.98 Å². The monoisotopic (exact) mass is 358 g/mol. The van der Waals surface area contributed by atoms with Crippen LogP contribution in [0.3, 0.4) is 0 Å². The van der Waals surface area contributed by atoms with Crippen molar-refractivity contribution in [1.82, 2.24) is 15.3 Å². The van der Waals surface area contributed by atoms with Gasteiger partial charge in [0, 0.05) is 39.0 Å². The fourth-order valence-electron chi connectivity index (χ4n) is 2.17. The second-order valence-corrected chi connectivity index (χ2v) is 6.16. The number of fused-ring (bicyclic) bond motifs is 1. The molecule has 0 spiro atoms. The van der Waals surface area contributed by atoms with Crippen LogP contribution in [0.4, 0.5) is 5.13 Å². The van der Waals surface area contributed by atoms with Gasteiger partial charge in [-0.2, -0.15) is 0 Å². The summed E-state index contributed by atoms with van der Waals surface area (Å²) in [5, 5.41) is 6.60. The molecule has 0 radical (unpaired) electrons. The third-order valence-corrected chi connectivity index (χ3v) is 4.34. The largest absolute Gasteiger partial charge is 0.457 e. The molecular weight excluding hydrogens is 340 g/mol. The Morgan fingerprint density at radius 1 is 1.24 bits per heavy atom. The molecule has 0 saturated carbocycles. The number of carbonyl (C=O) groups is 1. The van der Waals surface area contributed by atoms with Crippen LogP contribution in [0.25, 0.3) is 10.2 Å². The third-order valence-electron chi connectivity index (χ3n) is 3.37. The summed E-state index contributed by atoms with van der Waals surface area (Å²) in [6, 6.07) is 8.99. The van der Waals surface area contributed by atoms with Crippen molar-refractivity contribution in [2.24, 2.45) is 0 Å². The van der Waals surface area contributed by atoms with Crippen molar-refractivity contribution >= 4 is 32.6 Å². The Kier molecular flexibility index (Phi) is 5.42. The molecule has 1 aromatic carbocycles. The molecule has 2 N–H and O–H groups in total. The average Bonchev–Trinajstić information content (AvgIpc) is 3.03. The normalized spacial score (nSPS) is 10.6. The number of carbonyl (C=O) groups excluding carboxylic acids is 1. The van der Waals surface area contributed by atoms with Crippen LogP contribution in [0, 0.1) is 0 Å². The van der Waals surface area contributed by atoms with E-state index < -0.39 is 0 Å². The van der Waals surface area contributed by atoms with Crippen molar-refractivity contribution in [2.75, 3.05) is 32.6 Å². The molecule has 0 saturated heterocycles. The predicted molar refractivity (Wildman–Crippen MR) is 97.7 cm³/mol. The van der Waals surface area contributed by atoms with Crippen LogP contribution < -0.4 is 15.4 Å². The average molecular weight is 358 g/mol. The van der Waals surface area contributed by atoms with Crippen molar-refractivity contribution in [2.45, 2.75) is 0 Å². The Morgan fingerprint density at radius 2 is 2.08 bits per heavy atom.